The minimum Gasteiger partial charge on any atom is -0.467 e. The van der Waals surface area contributed by atoms with E-state index in [0.29, 0.717) is 17.3 Å². The van der Waals surface area contributed by atoms with Crippen LogP contribution in [0, 0.1) is 0 Å². The van der Waals surface area contributed by atoms with Crippen molar-refractivity contribution >= 4 is 11.8 Å². The molecular formula is C24H25N3O4. The first-order valence-corrected chi connectivity index (χ1v) is 10.2. The molecule has 0 atom stereocenters. The molecule has 4 aromatic rings. The standard InChI is InChI=1S/C24H25N3O4/c1-17(2)26(3)24-20(22(25-31-24)18-9-5-4-6-10-18)16-27(15-19-11-7-13-29-19)23(28)21-12-8-14-30-21/h4-14,17H,15-16H2,1-3H3. The average Bonchev–Trinajstić information content (AvgIpc) is 3.55. The van der Waals surface area contributed by atoms with Crippen LogP contribution in [0.25, 0.3) is 11.3 Å². The highest BCUT2D eigenvalue weighted by molar-refractivity contribution is 5.91. The molecule has 160 valence electrons. The molecule has 0 saturated heterocycles. The van der Waals surface area contributed by atoms with Gasteiger partial charge in [-0.1, -0.05) is 35.5 Å². The number of nitrogens with zero attached hydrogens (tertiary/aromatic N) is 3. The van der Waals surface area contributed by atoms with Gasteiger partial charge in [0, 0.05) is 18.7 Å². The number of hydrogen-bond donors (Lipinski definition) is 0. The number of carbonyl (C=O) groups is 1. The largest absolute Gasteiger partial charge is 0.467 e. The number of aromatic nitrogens is 1. The normalized spacial score (nSPS) is 11.1. The van der Waals surface area contributed by atoms with Crippen molar-refractivity contribution in [3.63, 3.8) is 0 Å². The zero-order valence-corrected chi connectivity index (χ0v) is 17.8. The van der Waals surface area contributed by atoms with Crippen molar-refractivity contribution in [3.05, 3.63) is 84.2 Å². The molecule has 0 unspecified atom stereocenters. The van der Waals surface area contributed by atoms with Gasteiger partial charge in [0.25, 0.3) is 5.91 Å². The zero-order chi connectivity index (χ0) is 21.8. The molecule has 31 heavy (non-hydrogen) atoms. The van der Waals surface area contributed by atoms with Gasteiger partial charge in [0.2, 0.25) is 5.88 Å². The van der Waals surface area contributed by atoms with E-state index in [2.05, 4.69) is 19.0 Å². The van der Waals surface area contributed by atoms with Crippen molar-refractivity contribution < 1.29 is 18.2 Å². The van der Waals surface area contributed by atoms with Crippen molar-refractivity contribution in [2.75, 3.05) is 11.9 Å². The summed E-state index contributed by atoms with van der Waals surface area (Å²) >= 11 is 0. The molecule has 1 amide bonds. The molecule has 4 rings (SSSR count). The Morgan fingerprint density at radius 1 is 0.968 bits per heavy atom. The van der Waals surface area contributed by atoms with Gasteiger partial charge in [0.05, 0.1) is 31.2 Å². The Labute approximate surface area is 180 Å². The molecule has 3 heterocycles. The van der Waals surface area contributed by atoms with E-state index in [1.54, 1.807) is 29.4 Å². The number of furan rings is 2. The van der Waals surface area contributed by atoms with Gasteiger partial charge in [-0.25, -0.2) is 0 Å². The molecule has 0 fully saturated rings. The number of benzene rings is 1. The molecule has 0 aliphatic carbocycles. The van der Waals surface area contributed by atoms with Crippen LogP contribution in [0.5, 0.6) is 0 Å². The molecule has 7 nitrogen and oxygen atoms in total. The van der Waals surface area contributed by atoms with E-state index in [1.807, 2.05) is 48.3 Å². The monoisotopic (exact) mass is 419 g/mol. The highest BCUT2D eigenvalue weighted by Crippen LogP contribution is 2.33. The van der Waals surface area contributed by atoms with Crippen LogP contribution in [-0.2, 0) is 13.1 Å². The molecular weight excluding hydrogens is 394 g/mol. The Morgan fingerprint density at radius 3 is 2.35 bits per heavy atom. The second kappa shape index (κ2) is 8.95. The number of anilines is 1. The zero-order valence-electron chi connectivity index (χ0n) is 17.8. The fraction of sp³-hybridized carbons (Fsp3) is 0.250. The number of hydrogen-bond acceptors (Lipinski definition) is 6. The summed E-state index contributed by atoms with van der Waals surface area (Å²) in [5.74, 6) is 1.34. The Balaban J connectivity index is 1.75. The first-order chi connectivity index (χ1) is 15.0. The Kier molecular flexibility index (Phi) is 5.93. The van der Waals surface area contributed by atoms with Crippen LogP contribution in [-0.4, -0.2) is 29.1 Å². The van der Waals surface area contributed by atoms with Crippen LogP contribution in [0.2, 0.25) is 0 Å². The predicted octanol–water partition coefficient (Wildman–Crippen LogP) is 5.21. The van der Waals surface area contributed by atoms with Crippen molar-refractivity contribution in [1.29, 1.82) is 0 Å². The number of rotatable bonds is 8. The second-order valence-electron chi connectivity index (χ2n) is 7.60. The van der Waals surface area contributed by atoms with Gasteiger partial charge >= 0.3 is 0 Å². The highest BCUT2D eigenvalue weighted by Gasteiger charge is 2.27. The van der Waals surface area contributed by atoms with Crippen LogP contribution in [0.15, 0.2) is 80.5 Å². The summed E-state index contributed by atoms with van der Waals surface area (Å²) in [7, 11) is 1.95. The second-order valence-corrected chi connectivity index (χ2v) is 7.60. The van der Waals surface area contributed by atoms with Crippen molar-refractivity contribution in [3.8, 4) is 11.3 Å². The minimum absolute atomic E-state index is 0.189. The highest BCUT2D eigenvalue weighted by atomic mass is 16.5. The molecule has 0 aliphatic heterocycles. The van der Waals surface area contributed by atoms with Crippen LogP contribution >= 0.6 is 0 Å². The Bertz CT molecular complexity index is 1100. The molecule has 1 aromatic carbocycles. The maximum Gasteiger partial charge on any atom is 0.290 e. The Hall–Kier alpha value is -3.74. The summed E-state index contributed by atoms with van der Waals surface area (Å²) in [6, 6.07) is 17.0. The van der Waals surface area contributed by atoms with Gasteiger partial charge in [0.1, 0.15) is 11.5 Å². The molecule has 0 aliphatic rings. The summed E-state index contributed by atoms with van der Waals surface area (Å²) in [4.78, 5) is 16.9. The summed E-state index contributed by atoms with van der Waals surface area (Å²) < 4.78 is 16.7. The van der Waals surface area contributed by atoms with Crippen LogP contribution in [0.1, 0.15) is 35.7 Å². The van der Waals surface area contributed by atoms with Crippen LogP contribution < -0.4 is 4.90 Å². The van der Waals surface area contributed by atoms with E-state index < -0.39 is 0 Å². The lowest BCUT2D eigenvalue weighted by Crippen LogP contribution is -2.31. The van der Waals surface area contributed by atoms with Crippen molar-refractivity contribution in [2.24, 2.45) is 0 Å². The summed E-state index contributed by atoms with van der Waals surface area (Å²) in [5, 5.41) is 4.36. The van der Waals surface area contributed by atoms with Crippen LogP contribution in [0.3, 0.4) is 0 Å². The van der Waals surface area contributed by atoms with Gasteiger partial charge in [-0.15, -0.1) is 0 Å². The third-order valence-corrected chi connectivity index (χ3v) is 5.20. The molecule has 0 spiro atoms. The average molecular weight is 419 g/mol. The number of amides is 1. The quantitative estimate of drug-likeness (QED) is 0.390. The maximum absolute atomic E-state index is 13.2. The SMILES string of the molecule is CC(C)N(C)c1onc(-c2ccccc2)c1CN(Cc1ccco1)C(=O)c1ccco1. The third-order valence-electron chi connectivity index (χ3n) is 5.20. The third kappa shape index (κ3) is 4.40. The van der Waals surface area contributed by atoms with E-state index in [-0.39, 0.29) is 30.8 Å². The van der Waals surface area contributed by atoms with Gasteiger partial charge in [0.15, 0.2) is 5.76 Å². The van der Waals surface area contributed by atoms with E-state index in [1.165, 1.54) is 6.26 Å². The molecule has 0 saturated carbocycles. The maximum atomic E-state index is 13.2. The molecule has 0 radical (unpaired) electrons. The molecule has 7 heteroatoms. The van der Waals surface area contributed by atoms with Gasteiger partial charge in [-0.05, 0) is 38.1 Å². The van der Waals surface area contributed by atoms with Crippen molar-refractivity contribution in [2.45, 2.75) is 33.0 Å². The first-order valence-electron chi connectivity index (χ1n) is 10.2. The van der Waals surface area contributed by atoms with Crippen molar-refractivity contribution in [1.82, 2.24) is 10.1 Å². The Morgan fingerprint density at radius 2 is 1.71 bits per heavy atom. The fourth-order valence-electron chi connectivity index (χ4n) is 3.31. The van der Waals surface area contributed by atoms with E-state index in [0.717, 1.165) is 11.1 Å². The predicted molar refractivity (Wildman–Crippen MR) is 116 cm³/mol. The number of carbonyl (C=O) groups excluding carboxylic acids is 1. The van der Waals surface area contributed by atoms with Gasteiger partial charge < -0.3 is 23.2 Å². The molecule has 0 N–H and O–H groups in total. The molecule has 0 bridgehead atoms. The summed E-state index contributed by atoms with van der Waals surface area (Å²) in [5.41, 5.74) is 2.46. The van der Waals surface area contributed by atoms with Gasteiger partial charge in [-0.2, -0.15) is 0 Å². The van der Waals surface area contributed by atoms with E-state index in [9.17, 15) is 4.79 Å². The minimum atomic E-state index is -0.236. The fourth-order valence-corrected chi connectivity index (χ4v) is 3.31. The molecule has 3 aromatic heterocycles. The summed E-state index contributed by atoms with van der Waals surface area (Å²) in [6.45, 7) is 4.71. The lowest BCUT2D eigenvalue weighted by Gasteiger charge is -2.25. The van der Waals surface area contributed by atoms with Crippen LogP contribution in [0.4, 0.5) is 5.88 Å². The first kappa shape index (κ1) is 20.5. The summed E-state index contributed by atoms with van der Waals surface area (Å²) in [6.07, 6.45) is 3.09. The van der Waals surface area contributed by atoms with E-state index in [4.69, 9.17) is 13.4 Å². The van der Waals surface area contributed by atoms with E-state index >= 15 is 0 Å². The lowest BCUT2D eigenvalue weighted by atomic mass is 10.1. The lowest BCUT2D eigenvalue weighted by molar-refractivity contribution is 0.0685. The van der Waals surface area contributed by atoms with Gasteiger partial charge in [-0.3, -0.25) is 4.79 Å². The smallest absolute Gasteiger partial charge is 0.290 e. The topological polar surface area (TPSA) is 75.9 Å².